The van der Waals surface area contributed by atoms with Gasteiger partial charge in [0.15, 0.2) is 5.60 Å². The molecule has 27 heavy (non-hydrogen) atoms. The number of ether oxygens (including phenoxy) is 3. The molecule has 0 aliphatic heterocycles. The number of aromatic nitrogens is 2. The van der Waals surface area contributed by atoms with Gasteiger partial charge in [-0.1, -0.05) is 12.1 Å². The highest BCUT2D eigenvalue weighted by Crippen LogP contribution is 2.25. The summed E-state index contributed by atoms with van der Waals surface area (Å²) >= 11 is 0. The number of benzene rings is 2. The molecule has 0 spiro atoms. The van der Waals surface area contributed by atoms with E-state index >= 15 is 0 Å². The molecule has 0 amide bonds. The molecular weight excluding hydrogens is 348 g/mol. The zero-order valence-corrected chi connectivity index (χ0v) is 15.7. The van der Waals surface area contributed by atoms with Crippen molar-refractivity contribution in [2.75, 3.05) is 14.2 Å². The molecule has 7 heteroatoms. The van der Waals surface area contributed by atoms with E-state index in [2.05, 4.69) is 9.72 Å². The van der Waals surface area contributed by atoms with E-state index in [-0.39, 0.29) is 6.61 Å². The fourth-order valence-electron chi connectivity index (χ4n) is 2.82. The molecule has 2 aromatic carbocycles. The van der Waals surface area contributed by atoms with Gasteiger partial charge in [0, 0.05) is 13.1 Å². The minimum absolute atomic E-state index is 0.278. The van der Waals surface area contributed by atoms with Crippen LogP contribution in [0.1, 0.15) is 18.3 Å². The van der Waals surface area contributed by atoms with Gasteiger partial charge in [0.2, 0.25) is 0 Å². The van der Waals surface area contributed by atoms with Crippen LogP contribution in [0.25, 0.3) is 11.0 Å². The molecule has 3 aromatic rings. The molecule has 0 fully saturated rings. The van der Waals surface area contributed by atoms with Gasteiger partial charge in [-0.15, -0.1) is 0 Å². The Morgan fingerprint density at radius 3 is 2.44 bits per heavy atom. The Bertz CT molecular complexity index is 960. The Kier molecular flexibility index (Phi) is 5.05. The molecule has 142 valence electrons. The molecule has 0 aliphatic rings. The van der Waals surface area contributed by atoms with Gasteiger partial charge >= 0.3 is 5.97 Å². The lowest BCUT2D eigenvalue weighted by molar-refractivity contribution is -0.161. The molecule has 1 unspecified atom stereocenters. The average Bonchev–Trinajstić information content (AvgIpc) is 3.01. The zero-order chi connectivity index (χ0) is 19.6. The van der Waals surface area contributed by atoms with Crippen LogP contribution in [0.2, 0.25) is 0 Å². The average molecular weight is 370 g/mol. The largest absolute Gasteiger partial charge is 0.497 e. The number of fused-ring (bicyclic) bond motifs is 1. The highest BCUT2D eigenvalue weighted by atomic mass is 16.5. The van der Waals surface area contributed by atoms with Crippen LogP contribution in [-0.4, -0.2) is 34.8 Å². The molecule has 0 saturated heterocycles. The molecule has 3 rings (SSSR count). The number of rotatable bonds is 6. The normalized spacial score (nSPS) is 13.2. The van der Waals surface area contributed by atoms with Crippen LogP contribution >= 0.6 is 0 Å². The number of nitrogens with zero attached hydrogens (tertiary/aromatic N) is 2. The van der Waals surface area contributed by atoms with Crippen LogP contribution in [-0.2, 0) is 28.8 Å². The van der Waals surface area contributed by atoms with Gasteiger partial charge in [-0.25, -0.2) is 9.78 Å². The van der Waals surface area contributed by atoms with E-state index in [1.165, 1.54) is 14.0 Å². The molecule has 7 nitrogen and oxygen atoms in total. The molecule has 0 bridgehead atoms. The fourth-order valence-corrected chi connectivity index (χ4v) is 2.82. The maximum atomic E-state index is 11.7. The standard InChI is InChI=1S/C20H22N2O5/c1-20(24,19(23)26-4)13-5-7-14(8-6-13)27-12-18-21-16-10-9-15(25-3)11-17(16)22(18)2/h5-11,24H,12H2,1-4H3. The third kappa shape index (κ3) is 3.59. The first-order valence-electron chi connectivity index (χ1n) is 8.40. The van der Waals surface area contributed by atoms with Crippen molar-refractivity contribution in [2.24, 2.45) is 7.05 Å². The lowest BCUT2D eigenvalue weighted by atomic mass is 9.96. The smallest absolute Gasteiger partial charge is 0.342 e. The van der Waals surface area contributed by atoms with Crippen molar-refractivity contribution >= 4 is 17.0 Å². The third-order valence-electron chi connectivity index (χ3n) is 4.55. The summed E-state index contributed by atoms with van der Waals surface area (Å²) in [7, 11) is 4.79. The van der Waals surface area contributed by atoms with Gasteiger partial charge in [-0.2, -0.15) is 0 Å². The minimum atomic E-state index is -1.70. The zero-order valence-electron chi connectivity index (χ0n) is 15.7. The molecular formula is C20H22N2O5. The third-order valence-corrected chi connectivity index (χ3v) is 4.55. The molecule has 1 aromatic heterocycles. The van der Waals surface area contributed by atoms with Gasteiger partial charge in [-0.05, 0) is 36.8 Å². The molecule has 1 heterocycles. The van der Waals surface area contributed by atoms with Gasteiger partial charge in [0.25, 0.3) is 0 Å². The summed E-state index contributed by atoms with van der Waals surface area (Å²) in [5.74, 6) is 1.42. The second-order valence-electron chi connectivity index (χ2n) is 6.32. The summed E-state index contributed by atoms with van der Waals surface area (Å²) in [6, 6.07) is 12.3. The predicted octanol–water partition coefficient (Wildman–Crippen LogP) is 2.54. The summed E-state index contributed by atoms with van der Waals surface area (Å²) in [6.07, 6.45) is 0. The van der Waals surface area contributed by atoms with Crippen LogP contribution in [0.3, 0.4) is 0 Å². The van der Waals surface area contributed by atoms with E-state index in [4.69, 9.17) is 9.47 Å². The maximum absolute atomic E-state index is 11.7. The van der Waals surface area contributed by atoms with Crippen LogP contribution in [0.15, 0.2) is 42.5 Å². The van der Waals surface area contributed by atoms with Crippen molar-refractivity contribution in [3.63, 3.8) is 0 Å². The van der Waals surface area contributed by atoms with Crippen molar-refractivity contribution < 1.29 is 24.1 Å². The first kappa shape index (κ1) is 18.7. The van der Waals surface area contributed by atoms with Crippen LogP contribution in [0, 0.1) is 0 Å². The van der Waals surface area contributed by atoms with Crippen LogP contribution in [0.4, 0.5) is 0 Å². The quantitative estimate of drug-likeness (QED) is 0.672. The molecule has 0 saturated carbocycles. The van der Waals surface area contributed by atoms with E-state index in [1.54, 1.807) is 31.4 Å². The van der Waals surface area contributed by atoms with E-state index in [0.29, 0.717) is 11.3 Å². The lowest BCUT2D eigenvalue weighted by Crippen LogP contribution is -2.33. The number of methoxy groups -OCH3 is 2. The lowest BCUT2D eigenvalue weighted by Gasteiger charge is -2.20. The number of esters is 1. The number of carbonyl (C=O) groups is 1. The minimum Gasteiger partial charge on any atom is -0.497 e. The second-order valence-corrected chi connectivity index (χ2v) is 6.32. The first-order chi connectivity index (χ1) is 12.9. The maximum Gasteiger partial charge on any atom is 0.342 e. The van der Waals surface area contributed by atoms with E-state index in [0.717, 1.165) is 22.6 Å². The van der Waals surface area contributed by atoms with E-state index in [1.807, 2.05) is 29.8 Å². The van der Waals surface area contributed by atoms with Crippen molar-refractivity contribution in [3.8, 4) is 11.5 Å². The number of hydrogen-bond donors (Lipinski definition) is 1. The molecule has 0 aliphatic carbocycles. The Morgan fingerprint density at radius 1 is 1.15 bits per heavy atom. The Labute approximate surface area is 157 Å². The monoisotopic (exact) mass is 370 g/mol. The highest BCUT2D eigenvalue weighted by molar-refractivity contribution is 5.80. The summed E-state index contributed by atoms with van der Waals surface area (Å²) < 4.78 is 17.6. The molecule has 0 radical (unpaired) electrons. The Morgan fingerprint density at radius 2 is 1.81 bits per heavy atom. The van der Waals surface area contributed by atoms with Crippen molar-refractivity contribution in [3.05, 3.63) is 53.9 Å². The van der Waals surface area contributed by atoms with Crippen LogP contribution < -0.4 is 9.47 Å². The number of carbonyl (C=O) groups excluding carboxylic acids is 1. The van der Waals surface area contributed by atoms with Gasteiger partial charge < -0.3 is 23.9 Å². The SMILES string of the molecule is COC(=O)C(C)(O)c1ccc(OCc2nc3ccc(OC)cc3n2C)cc1. The number of imidazole rings is 1. The number of hydrogen-bond acceptors (Lipinski definition) is 6. The topological polar surface area (TPSA) is 82.8 Å². The van der Waals surface area contributed by atoms with Gasteiger partial charge in [-0.3, -0.25) is 0 Å². The van der Waals surface area contributed by atoms with Gasteiger partial charge in [0.05, 0.1) is 25.3 Å². The van der Waals surface area contributed by atoms with Gasteiger partial charge in [0.1, 0.15) is 23.9 Å². The number of aryl methyl sites for hydroxylation is 1. The Hall–Kier alpha value is -3.06. The molecule has 1 N–H and O–H groups in total. The van der Waals surface area contributed by atoms with Crippen molar-refractivity contribution in [1.82, 2.24) is 9.55 Å². The first-order valence-corrected chi connectivity index (χ1v) is 8.40. The molecule has 1 atom stereocenters. The Balaban J connectivity index is 1.75. The van der Waals surface area contributed by atoms with E-state index < -0.39 is 11.6 Å². The summed E-state index contributed by atoms with van der Waals surface area (Å²) in [4.78, 5) is 16.2. The van der Waals surface area contributed by atoms with Crippen LogP contribution in [0.5, 0.6) is 11.5 Å². The second kappa shape index (κ2) is 7.28. The predicted molar refractivity (Wildman–Crippen MR) is 99.6 cm³/mol. The number of aliphatic hydroxyl groups is 1. The fraction of sp³-hybridized carbons (Fsp3) is 0.300. The summed E-state index contributed by atoms with van der Waals surface area (Å²) in [6.45, 7) is 1.67. The summed E-state index contributed by atoms with van der Waals surface area (Å²) in [5.41, 5.74) is 0.541. The van der Waals surface area contributed by atoms with Crippen molar-refractivity contribution in [2.45, 2.75) is 19.1 Å². The van der Waals surface area contributed by atoms with Crippen molar-refractivity contribution in [1.29, 1.82) is 0 Å². The summed E-state index contributed by atoms with van der Waals surface area (Å²) in [5, 5.41) is 10.3. The highest BCUT2D eigenvalue weighted by Gasteiger charge is 2.33. The van der Waals surface area contributed by atoms with E-state index in [9.17, 15) is 9.90 Å².